The summed E-state index contributed by atoms with van der Waals surface area (Å²) < 4.78 is 26.7. The summed E-state index contributed by atoms with van der Waals surface area (Å²) in [5.74, 6) is -2.04. The van der Waals surface area contributed by atoms with Gasteiger partial charge in [-0.15, -0.1) is 11.3 Å². The molecule has 1 unspecified atom stereocenters. The van der Waals surface area contributed by atoms with Crippen molar-refractivity contribution in [3.8, 4) is 0 Å². The van der Waals surface area contributed by atoms with Crippen LogP contribution >= 0.6 is 11.3 Å². The lowest BCUT2D eigenvalue weighted by atomic mass is 10.0. The minimum atomic E-state index is -1.11. The van der Waals surface area contributed by atoms with Crippen molar-refractivity contribution in [2.24, 2.45) is 5.73 Å². The molecule has 0 saturated carbocycles. The minimum absolute atomic E-state index is 0.294. The first-order chi connectivity index (χ1) is 13.8. The highest BCUT2D eigenvalue weighted by Crippen LogP contribution is 2.27. The van der Waals surface area contributed by atoms with Gasteiger partial charge in [-0.2, -0.15) is 0 Å². The van der Waals surface area contributed by atoms with E-state index in [0.717, 1.165) is 5.56 Å². The molecule has 2 N–H and O–H groups in total. The predicted molar refractivity (Wildman–Crippen MR) is 106 cm³/mol. The Balaban J connectivity index is 1.85. The standard InChI is InChI=1S/C21H19F2N3O2S/c1-12-19(29-17(25-12)10-13-6-8-15(22)9-7-13)21(28)26(2)18(20(24)27)14-4-3-5-16(23)11-14/h3-9,11,18H,10H2,1-2H3,(H2,24,27). The molecule has 1 aromatic heterocycles. The summed E-state index contributed by atoms with van der Waals surface area (Å²) in [6, 6.07) is 10.4. The lowest BCUT2D eigenvalue weighted by Gasteiger charge is -2.25. The summed E-state index contributed by atoms with van der Waals surface area (Å²) in [5, 5.41) is 0.687. The van der Waals surface area contributed by atoms with Crippen LogP contribution in [0.2, 0.25) is 0 Å². The van der Waals surface area contributed by atoms with Gasteiger partial charge in [-0.1, -0.05) is 24.3 Å². The largest absolute Gasteiger partial charge is 0.368 e. The van der Waals surface area contributed by atoms with Crippen LogP contribution in [0, 0.1) is 18.6 Å². The number of halogens is 2. The Bertz CT molecular complexity index is 1050. The summed E-state index contributed by atoms with van der Waals surface area (Å²) in [7, 11) is 1.45. The van der Waals surface area contributed by atoms with Gasteiger partial charge in [0.05, 0.1) is 10.7 Å². The quantitative estimate of drug-likeness (QED) is 0.668. The molecule has 1 heterocycles. The van der Waals surface area contributed by atoms with E-state index in [9.17, 15) is 18.4 Å². The average Bonchev–Trinajstić information content (AvgIpc) is 3.03. The topological polar surface area (TPSA) is 76.3 Å². The second kappa shape index (κ2) is 8.48. The third-order valence-electron chi connectivity index (χ3n) is 4.45. The smallest absolute Gasteiger partial charge is 0.266 e. The number of nitrogens with two attached hydrogens (primary N) is 1. The van der Waals surface area contributed by atoms with Gasteiger partial charge < -0.3 is 10.6 Å². The number of rotatable bonds is 6. The van der Waals surface area contributed by atoms with E-state index in [4.69, 9.17) is 5.73 Å². The molecule has 1 atom stereocenters. The second-order valence-corrected chi connectivity index (χ2v) is 7.68. The van der Waals surface area contributed by atoms with Gasteiger partial charge in [-0.25, -0.2) is 13.8 Å². The zero-order chi connectivity index (χ0) is 21.1. The van der Waals surface area contributed by atoms with E-state index in [0.29, 0.717) is 27.6 Å². The van der Waals surface area contributed by atoms with Crippen molar-refractivity contribution < 1.29 is 18.4 Å². The van der Waals surface area contributed by atoms with E-state index in [1.165, 1.54) is 53.6 Å². The average molecular weight is 415 g/mol. The highest BCUT2D eigenvalue weighted by atomic mass is 32.1. The number of benzene rings is 2. The summed E-state index contributed by atoms with van der Waals surface area (Å²) in [4.78, 5) is 31.0. The van der Waals surface area contributed by atoms with Crippen LogP contribution < -0.4 is 5.73 Å². The van der Waals surface area contributed by atoms with Crippen molar-refractivity contribution in [1.29, 1.82) is 0 Å². The Kier molecular flexibility index (Phi) is 6.03. The number of carbonyl (C=O) groups is 2. The minimum Gasteiger partial charge on any atom is -0.368 e. The van der Waals surface area contributed by atoms with Crippen molar-refractivity contribution >= 4 is 23.2 Å². The van der Waals surface area contributed by atoms with Crippen LogP contribution in [0.5, 0.6) is 0 Å². The highest BCUT2D eigenvalue weighted by Gasteiger charge is 2.30. The lowest BCUT2D eigenvalue weighted by Crippen LogP contribution is -2.39. The molecule has 0 fully saturated rings. The fourth-order valence-electron chi connectivity index (χ4n) is 3.04. The van der Waals surface area contributed by atoms with Crippen LogP contribution in [0.1, 0.15) is 37.5 Å². The molecule has 0 aliphatic carbocycles. The molecule has 0 aliphatic rings. The van der Waals surface area contributed by atoms with Crippen LogP contribution in [-0.4, -0.2) is 28.7 Å². The Morgan fingerprint density at radius 1 is 1.14 bits per heavy atom. The van der Waals surface area contributed by atoms with Gasteiger partial charge in [0.25, 0.3) is 5.91 Å². The summed E-state index contributed by atoms with van der Waals surface area (Å²) in [6.07, 6.45) is 0.450. The number of amides is 2. The van der Waals surface area contributed by atoms with Crippen molar-refractivity contribution in [3.05, 3.63) is 86.9 Å². The molecular weight excluding hydrogens is 396 g/mol. The molecule has 2 aromatic carbocycles. The van der Waals surface area contributed by atoms with Crippen molar-refractivity contribution in [2.75, 3.05) is 7.05 Å². The third-order valence-corrected chi connectivity index (χ3v) is 5.59. The van der Waals surface area contributed by atoms with E-state index in [2.05, 4.69) is 4.98 Å². The fourth-order valence-corrected chi connectivity index (χ4v) is 4.12. The Morgan fingerprint density at radius 2 is 1.83 bits per heavy atom. The van der Waals surface area contributed by atoms with Crippen LogP contribution in [0.25, 0.3) is 0 Å². The molecule has 150 valence electrons. The number of hydrogen-bond donors (Lipinski definition) is 1. The SMILES string of the molecule is Cc1nc(Cc2ccc(F)cc2)sc1C(=O)N(C)C(C(N)=O)c1cccc(F)c1. The maximum atomic E-state index is 13.6. The third kappa shape index (κ3) is 4.65. The zero-order valence-corrected chi connectivity index (χ0v) is 16.7. The number of carbonyl (C=O) groups excluding carboxylic acids is 2. The Labute approximate surface area is 170 Å². The monoisotopic (exact) mass is 415 g/mol. The van der Waals surface area contributed by atoms with Gasteiger partial charge in [0.15, 0.2) is 0 Å². The normalized spacial score (nSPS) is 11.9. The van der Waals surface area contributed by atoms with E-state index >= 15 is 0 Å². The molecule has 0 aliphatic heterocycles. The summed E-state index contributed by atoms with van der Waals surface area (Å²) >= 11 is 1.20. The number of likely N-dealkylation sites (N-methyl/N-ethyl adjacent to an activating group) is 1. The number of aromatic nitrogens is 1. The van der Waals surface area contributed by atoms with Gasteiger partial charge in [-0.05, 0) is 42.3 Å². The Hall–Kier alpha value is -3.13. The van der Waals surface area contributed by atoms with Crippen molar-refractivity contribution in [3.63, 3.8) is 0 Å². The number of hydrogen-bond acceptors (Lipinski definition) is 4. The molecule has 0 bridgehead atoms. The Morgan fingerprint density at radius 3 is 2.45 bits per heavy atom. The first kappa shape index (κ1) is 20.6. The lowest BCUT2D eigenvalue weighted by molar-refractivity contribution is -0.122. The number of aryl methyl sites for hydroxylation is 1. The molecule has 0 saturated heterocycles. The molecule has 5 nitrogen and oxygen atoms in total. The molecule has 2 amide bonds. The first-order valence-corrected chi connectivity index (χ1v) is 9.60. The molecule has 29 heavy (non-hydrogen) atoms. The summed E-state index contributed by atoms with van der Waals surface area (Å²) in [6.45, 7) is 1.70. The summed E-state index contributed by atoms with van der Waals surface area (Å²) in [5.41, 5.74) is 7.17. The van der Waals surface area contributed by atoms with Crippen LogP contribution in [-0.2, 0) is 11.2 Å². The highest BCUT2D eigenvalue weighted by molar-refractivity contribution is 7.13. The molecule has 3 aromatic rings. The number of primary amides is 1. The second-order valence-electron chi connectivity index (χ2n) is 6.60. The van der Waals surface area contributed by atoms with Gasteiger partial charge in [-0.3, -0.25) is 9.59 Å². The molecule has 0 radical (unpaired) electrons. The fraction of sp³-hybridized carbons (Fsp3) is 0.190. The molecule has 8 heteroatoms. The van der Waals surface area contributed by atoms with Gasteiger partial charge in [0.2, 0.25) is 5.91 Å². The van der Waals surface area contributed by atoms with Gasteiger partial charge in [0, 0.05) is 13.5 Å². The van der Waals surface area contributed by atoms with E-state index in [1.54, 1.807) is 25.1 Å². The van der Waals surface area contributed by atoms with Crippen LogP contribution in [0.4, 0.5) is 8.78 Å². The molecule has 3 rings (SSSR count). The maximum Gasteiger partial charge on any atom is 0.266 e. The van der Waals surface area contributed by atoms with E-state index in [-0.39, 0.29) is 5.82 Å². The van der Waals surface area contributed by atoms with E-state index in [1.807, 2.05) is 0 Å². The van der Waals surface area contributed by atoms with Gasteiger partial charge in [0.1, 0.15) is 22.6 Å². The number of thiazole rings is 1. The van der Waals surface area contributed by atoms with Crippen LogP contribution in [0.3, 0.4) is 0 Å². The van der Waals surface area contributed by atoms with Crippen LogP contribution in [0.15, 0.2) is 48.5 Å². The number of nitrogens with zero attached hydrogens (tertiary/aromatic N) is 2. The molecule has 0 spiro atoms. The van der Waals surface area contributed by atoms with E-state index < -0.39 is 23.7 Å². The first-order valence-electron chi connectivity index (χ1n) is 8.79. The van der Waals surface area contributed by atoms with Crippen molar-refractivity contribution in [2.45, 2.75) is 19.4 Å². The van der Waals surface area contributed by atoms with Crippen molar-refractivity contribution in [1.82, 2.24) is 9.88 Å². The van der Waals surface area contributed by atoms with Gasteiger partial charge >= 0.3 is 0 Å². The predicted octanol–water partition coefficient (Wildman–Crippen LogP) is 3.62. The molecular formula is C21H19F2N3O2S. The zero-order valence-electron chi connectivity index (χ0n) is 15.9. The maximum absolute atomic E-state index is 13.6.